The summed E-state index contributed by atoms with van der Waals surface area (Å²) < 4.78 is 8.68. The molecule has 1 aliphatic carbocycles. The minimum atomic E-state index is -0.0814. The molecule has 1 aromatic carbocycles. The minimum Gasteiger partial charge on any atom is -0.440 e. The first-order chi connectivity index (χ1) is 10.6. The molecule has 2 nitrogen and oxygen atoms in total. The van der Waals surface area contributed by atoms with Crippen molar-refractivity contribution in [1.82, 2.24) is 0 Å². The summed E-state index contributed by atoms with van der Waals surface area (Å²) in [5.74, 6) is 1.75. The van der Waals surface area contributed by atoms with E-state index in [4.69, 9.17) is 4.74 Å². The third kappa shape index (κ3) is 2.29. The average molecular weight is 298 g/mol. The van der Waals surface area contributed by atoms with E-state index in [9.17, 15) is 0 Å². The fourth-order valence-corrected chi connectivity index (χ4v) is 4.13. The lowest BCUT2D eigenvalue weighted by atomic mass is 9.71. The van der Waals surface area contributed by atoms with Gasteiger partial charge in [0.05, 0.1) is 0 Å². The van der Waals surface area contributed by atoms with Gasteiger partial charge in [-0.15, -0.1) is 0 Å². The summed E-state index contributed by atoms with van der Waals surface area (Å²) in [7, 11) is 2.20. The minimum absolute atomic E-state index is 0.0814. The van der Waals surface area contributed by atoms with Crippen LogP contribution in [0, 0.1) is 5.92 Å². The van der Waals surface area contributed by atoms with Gasteiger partial charge in [0.25, 0.3) is 0 Å². The normalized spacial score (nSPS) is 27.2. The molecule has 0 radical (unpaired) electrons. The lowest BCUT2D eigenvalue weighted by Crippen LogP contribution is -2.41. The van der Waals surface area contributed by atoms with Crippen molar-refractivity contribution in [3.63, 3.8) is 0 Å². The summed E-state index contributed by atoms with van der Waals surface area (Å²) in [5, 5.41) is 0. The smallest absolute Gasteiger partial charge is 0.351 e. The maximum absolute atomic E-state index is 6.28. The molecule has 1 heterocycles. The fourth-order valence-electron chi connectivity index (χ4n) is 4.13. The van der Waals surface area contributed by atoms with Gasteiger partial charge in [0.15, 0.2) is 12.6 Å². The van der Waals surface area contributed by atoms with Crippen LogP contribution in [0.3, 0.4) is 0 Å². The summed E-state index contributed by atoms with van der Waals surface area (Å²) in [5.41, 5.74) is 2.80. The van der Waals surface area contributed by atoms with Crippen molar-refractivity contribution < 1.29 is 9.31 Å². The molecule has 0 saturated carbocycles. The van der Waals surface area contributed by atoms with Crippen LogP contribution in [0.25, 0.3) is 0 Å². The van der Waals surface area contributed by atoms with Crippen molar-refractivity contribution >= 4 is 5.90 Å². The van der Waals surface area contributed by atoms with Gasteiger partial charge in [0.2, 0.25) is 0 Å². The van der Waals surface area contributed by atoms with Gasteiger partial charge in [0, 0.05) is 5.92 Å². The molecule has 1 aromatic rings. The molecule has 118 valence electrons. The number of likely N-dealkylation sites (N-methyl/N-ethyl adjacent to an activating group) is 1. The molecule has 2 atom stereocenters. The Balaban J connectivity index is 2.15. The molecule has 1 aliphatic heterocycles. The van der Waals surface area contributed by atoms with Crippen LogP contribution < -0.4 is 0 Å². The van der Waals surface area contributed by atoms with Crippen LogP contribution in [0.2, 0.25) is 0 Å². The van der Waals surface area contributed by atoms with Gasteiger partial charge in [-0.3, -0.25) is 0 Å². The molecular formula is C20H28NO+. The first-order valence-electron chi connectivity index (χ1n) is 8.59. The molecule has 0 saturated heterocycles. The molecule has 0 aromatic heterocycles. The Bertz CT molecular complexity index is 614. The van der Waals surface area contributed by atoms with Gasteiger partial charge in [-0.05, 0) is 24.0 Å². The van der Waals surface area contributed by atoms with Crippen LogP contribution in [-0.2, 0) is 16.6 Å². The molecule has 0 fully saturated rings. The van der Waals surface area contributed by atoms with Crippen LogP contribution in [0.1, 0.15) is 44.7 Å². The van der Waals surface area contributed by atoms with Crippen molar-refractivity contribution in [3.8, 4) is 0 Å². The molecular weight excluding hydrogens is 270 g/mol. The molecule has 2 aliphatic rings. The van der Waals surface area contributed by atoms with Gasteiger partial charge >= 0.3 is 5.90 Å². The summed E-state index contributed by atoms with van der Waals surface area (Å²) in [6.45, 7) is 7.64. The van der Waals surface area contributed by atoms with E-state index in [2.05, 4.69) is 68.8 Å². The van der Waals surface area contributed by atoms with E-state index in [0.29, 0.717) is 12.0 Å². The van der Waals surface area contributed by atoms with E-state index in [1.54, 1.807) is 0 Å². The second kappa shape index (κ2) is 5.91. The molecule has 2 heteroatoms. The largest absolute Gasteiger partial charge is 0.440 e. The number of rotatable bonds is 4. The standard InChI is InChI=1S/C20H28NO/c1-5-12-20(19-21(4)18(14-22-19)15(2)3)13-8-10-16-9-6-7-11-17(16)20/h6-9,11,13,15,18H,5,10,12,14H2,1-4H3/q+1/t18-,20+/m1/s1. The maximum atomic E-state index is 6.28. The number of hydrogen-bond donors (Lipinski definition) is 0. The van der Waals surface area contributed by atoms with Crippen LogP contribution >= 0.6 is 0 Å². The van der Waals surface area contributed by atoms with Crippen LogP contribution in [0.4, 0.5) is 0 Å². The van der Waals surface area contributed by atoms with E-state index in [-0.39, 0.29) is 5.41 Å². The van der Waals surface area contributed by atoms with E-state index >= 15 is 0 Å². The summed E-state index contributed by atoms with van der Waals surface area (Å²) >= 11 is 0. The van der Waals surface area contributed by atoms with Crippen molar-refractivity contribution in [2.24, 2.45) is 5.92 Å². The Morgan fingerprint density at radius 2 is 2.09 bits per heavy atom. The fraction of sp³-hybridized carbons (Fsp3) is 0.550. The van der Waals surface area contributed by atoms with Gasteiger partial charge in [-0.2, -0.15) is 4.58 Å². The van der Waals surface area contributed by atoms with Crippen LogP contribution in [-0.4, -0.2) is 30.2 Å². The number of hydrogen-bond acceptors (Lipinski definition) is 1. The Kier molecular flexibility index (Phi) is 4.12. The highest BCUT2D eigenvalue weighted by molar-refractivity contribution is 5.88. The zero-order valence-electron chi connectivity index (χ0n) is 14.3. The Hall–Kier alpha value is -1.57. The number of nitrogens with zero attached hydrogens (tertiary/aromatic N) is 1. The molecule has 0 amide bonds. The van der Waals surface area contributed by atoms with Crippen LogP contribution in [0.15, 0.2) is 36.4 Å². The molecule has 0 unspecified atom stereocenters. The molecule has 0 N–H and O–H groups in total. The third-order valence-electron chi connectivity index (χ3n) is 5.24. The SMILES string of the molecule is CCC[C@]1(C2=[N+](C)[C@@H](C(C)C)CO2)C=CCc2ccccc21. The zero-order valence-corrected chi connectivity index (χ0v) is 14.3. The highest BCUT2D eigenvalue weighted by Gasteiger charge is 2.49. The van der Waals surface area contributed by atoms with Gasteiger partial charge in [-0.25, -0.2) is 0 Å². The summed E-state index contributed by atoms with van der Waals surface area (Å²) in [4.78, 5) is 0. The zero-order chi connectivity index (χ0) is 15.7. The monoisotopic (exact) mass is 298 g/mol. The van der Waals surface area contributed by atoms with Crippen molar-refractivity contribution in [2.45, 2.75) is 51.5 Å². The lowest BCUT2D eigenvalue weighted by Gasteiger charge is -2.32. The molecule has 0 bridgehead atoms. The molecule has 3 rings (SSSR count). The predicted molar refractivity (Wildman–Crippen MR) is 91.6 cm³/mol. The number of allylic oxidation sites excluding steroid dienone is 1. The Morgan fingerprint density at radius 1 is 1.32 bits per heavy atom. The topological polar surface area (TPSA) is 12.2 Å². The molecule has 22 heavy (non-hydrogen) atoms. The quantitative estimate of drug-likeness (QED) is 0.606. The summed E-state index contributed by atoms with van der Waals surface area (Å²) in [6, 6.07) is 9.35. The third-order valence-corrected chi connectivity index (χ3v) is 5.24. The first kappa shape index (κ1) is 15.3. The van der Waals surface area contributed by atoms with E-state index in [0.717, 1.165) is 31.8 Å². The second-order valence-electron chi connectivity index (χ2n) is 7.02. The highest BCUT2D eigenvalue weighted by atomic mass is 16.5. The Labute approximate surface area is 134 Å². The van der Waals surface area contributed by atoms with E-state index in [1.165, 1.54) is 11.1 Å². The lowest BCUT2D eigenvalue weighted by molar-refractivity contribution is -0.536. The van der Waals surface area contributed by atoms with Gasteiger partial charge < -0.3 is 4.74 Å². The van der Waals surface area contributed by atoms with Crippen molar-refractivity contribution in [3.05, 3.63) is 47.5 Å². The number of fused-ring (bicyclic) bond motifs is 1. The highest BCUT2D eigenvalue weighted by Crippen LogP contribution is 2.40. The van der Waals surface area contributed by atoms with E-state index in [1.807, 2.05) is 0 Å². The predicted octanol–water partition coefficient (Wildman–Crippen LogP) is 3.93. The van der Waals surface area contributed by atoms with Crippen molar-refractivity contribution in [1.29, 1.82) is 0 Å². The summed E-state index contributed by atoms with van der Waals surface area (Å²) in [6.07, 6.45) is 8.00. The van der Waals surface area contributed by atoms with Crippen LogP contribution in [0.5, 0.6) is 0 Å². The van der Waals surface area contributed by atoms with Gasteiger partial charge in [0.1, 0.15) is 12.5 Å². The van der Waals surface area contributed by atoms with Crippen molar-refractivity contribution in [2.75, 3.05) is 13.7 Å². The molecule has 0 spiro atoms. The number of benzene rings is 1. The first-order valence-corrected chi connectivity index (χ1v) is 8.59. The van der Waals surface area contributed by atoms with E-state index < -0.39 is 0 Å². The average Bonchev–Trinajstić information content (AvgIpc) is 2.90. The van der Waals surface area contributed by atoms with Gasteiger partial charge in [-0.1, -0.05) is 63.6 Å². The second-order valence-corrected chi connectivity index (χ2v) is 7.02. The Morgan fingerprint density at radius 3 is 2.77 bits per heavy atom. The number of ether oxygens (including phenoxy) is 1. The maximum Gasteiger partial charge on any atom is 0.351 e.